The third kappa shape index (κ3) is 5.70. The van der Waals surface area contributed by atoms with Crippen LogP contribution in [0.3, 0.4) is 0 Å². The Morgan fingerprint density at radius 3 is 2.69 bits per heavy atom. The molecule has 0 aliphatic heterocycles. The number of unbranched alkanes of at least 4 members (excludes halogenated alkanes) is 2. The summed E-state index contributed by atoms with van der Waals surface area (Å²) < 4.78 is 2.04. The van der Waals surface area contributed by atoms with Crippen molar-refractivity contribution in [2.75, 3.05) is 5.32 Å². The van der Waals surface area contributed by atoms with E-state index in [-0.39, 0.29) is 5.91 Å². The third-order valence-electron chi connectivity index (χ3n) is 4.80. The van der Waals surface area contributed by atoms with Gasteiger partial charge < -0.3 is 9.88 Å². The van der Waals surface area contributed by atoms with Gasteiger partial charge in [-0.05, 0) is 43.0 Å². The van der Waals surface area contributed by atoms with Crippen LogP contribution in [0, 0.1) is 13.8 Å². The Kier molecular flexibility index (Phi) is 7.47. The smallest absolute Gasteiger partial charge is 0.242 e. The van der Waals surface area contributed by atoms with Gasteiger partial charge in [0.15, 0.2) is 5.16 Å². The van der Waals surface area contributed by atoms with E-state index in [2.05, 4.69) is 22.4 Å². The van der Waals surface area contributed by atoms with E-state index in [0.717, 1.165) is 53.3 Å². The summed E-state index contributed by atoms with van der Waals surface area (Å²) in [5.74, 6) is -0.0574. The molecule has 0 fully saturated rings. The summed E-state index contributed by atoms with van der Waals surface area (Å²) in [6, 6.07) is 15.9. The van der Waals surface area contributed by atoms with E-state index in [1.54, 1.807) is 6.33 Å². The lowest BCUT2D eigenvalue weighted by Crippen LogP contribution is -2.20. The highest BCUT2D eigenvalue weighted by Crippen LogP contribution is 2.35. The number of nitrogens with one attached hydrogen (secondary N) is 1. The zero-order valence-electron chi connectivity index (χ0n) is 17.3. The van der Waals surface area contributed by atoms with Gasteiger partial charge in [0.2, 0.25) is 5.91 Å². The van der Waals surface area contributed by atoms with E-state index in [9.17, 15) is 4.79 Å². The van der Waals surface area contributed by atoms with Crippen LogP contribution in [-0.4, -0.2) is 20.7 Å². The number of hydrogen-bond donors (Lipinski definition) is 1. The summed E-state index contributed by atoms with van der Waals surface area (Å²) in [5.41, 5.74) is 3.96. The molecule has 0 bridgehead atoms. The average Bonchev–Trinajstić information content (AvgIpc) is 3.17. The maximum absolute atomic E-state index is 13.3. The molecule has 0 aliphatic rings. The minimum Gasteiger partial charge on any atom is -0.325 e. The van der Waals surface area contributed by atoms with Crippen LogP contribution in [-0.2, 0) is 11.3 Å². The average molecular weight is 409 g/mol. The molecule has 0 aliphatic carbocycles. The topological polar surface area (TPSA) is 59.8 Å². The molecule has 0 unspecified atom stereocenters. The van der Waals surface area contributed by atoms with Gasteiger partial charge in [-0.15, -0.1) is 10.2 Å². The first-order chi connectivity index (χ1) is 14.1. The van der Waals surface area contributed by atoms with Crippen molar-refractivity contribution >= 4 is 23.4 Å². The van der Waals surface area contributed by atoms with Gasteiger partial charge in [0, 0.05) is 12.2 Å². The van der Waals surface area contributed by atoms with Gasteiger partial charge in [-0.2, -0.15) is 0 Å². The molecule has 1 atom stereocenters. The normalized spacial score (nSPS) is 12.0. The number of aryl methyl sites for hydroxylation is 3. The fourth-order valence-electron chi connectivity index (χ4n) is 3.10. The number of nitrogens with zero attached hydrogens (tertiary/aromatic N) is 3. The molecule has 0 radical (unpaired) electrons. The highest BCUT2D eigenvalue weighted by Gasteiger charge is 2.25. The summed E-state index contributed by atoms with van der Waals surface area (Å²) in [5, 5.41) is 11.8. The third-order valence-corrected chi connectivity index (χ3v) is 6.05. The lowest BCUT2D eigenvalue weighted by Gasteiger charge is -2.18. The Morgan fingerprint density at radius 1 is 1.14 bits per heavy atom. The van der Waals surface area contributed by atoms with Crippen molar-refractivity contribution in [1.82, 2.24) is 14.8 Å². The van der Waals surface area contributed by atoms with Crippen LogP contribution in [0.25, 0.3) is 0 Å². The van der Waals surface area contributed by atoms with Crippen LogP contribution < -0.4 is 5.32 Å². The number of hydrogen-bond acceptors (Lipinski definition) is 4. The van der Waals surface area contributed by atoms with Crippen molar-refractivity contribution < 1.29 is 4.79 Å². The van der Waals surface area contributed by atoms with Crippen molar-refractivity contribution in [1.29, 1.82) is 0 Å². The van der Waals surface area contributed by atoms with E-state index >= 15 is 0 Å². The van der Waals surface area contributed by atoms with Crippen LogP contribution >= 0.6 is 11.8 Å². The number of carbonyl (C=O) groups excluding carboxylic acids is 1. The van der Waals surface area contributed by atoms with Crippen molar-refractivity contribution in [3.63, 3.8) is 0 Å². The minimum absolute atomic E-state index is 0.0574. The largest absolute Gasteiger partial charge is 0.325 e. The molecular formula is C23H28N4OS. The van der Waals surface area contributed by atoms with Crippen LogP contribution in [0.1, 0.15) is 48.1 Å². The number of thioether (sulfide) groups is 1. The lowest BCUT2D eigenvalue weighted by molar-refractivity contribution is -0.115. The van der Waals surface area contributed by atoms with Gasteiger partial charge in [0.25, 0.3) is 0 Å². The highest BCUT2D eigenvalue weighted by molar-refractivity contribution is 8.00. The van der Waals surface area contributed by atoms with Crippen molar-refractivity contribution in [3.8, 4) is 0 Å². The predicted molar refractivity (Wildman–Crippen MR) is 119 cm³/mol. The maximum atomic E-state index is 13.3. The summed E-state index contributed by atoms with van der Waals surface area (Å²) in [6.45, 7) is 7.08. The molecule has 5 nitrogen and oxygen atoms in total. The van der Waals surface area contributed by atoms with Gasteiger partial charge in [-0.1, -0.05) is 74.0 Å². The molecule has 3 rings (SSSR count). The molecule has 152 valence electrons. The van der Waals surface area contributed by atoms with Crippen LogP contribution in [0.15, 0.2) is 60.0 Å². The van der Waals surface area contributed by atoms with Crippen LogP contribution in [0.2, 0.25) is 0 Å². The number of carbonyl (C=O) groups is 1. The monoisotopic (exact) mass is 408 g/mol. The Hall–Kier alpha value is -2.60. The van der Waals surface area contributed by atoms with Crippen LogP contribution in [0.4, 0.5) is 5.69 Å². The second kappa shape index (κ2) is 10.3. The van der Waals surface area contributed by atoms with E-state index in [0.29, 0.717) is 0 Å². The van der Waals surface area contributed by atoms with E-state index in [4.69, 9.17) is 0 Å². The summed E-state index contributed by atoms with van der Waals surface area (Å²) >= 11 is 1.45. The molecule has 1 heterocycles. The first kappa shape index (κ1) is 21.1. The summed E-state index contributed by atoms with van der Waals surface area (Å²) in [7, 11) is 0. The molecule has 0 saturated heterocycles. The zero-order valence-corrected chi connectivity index (χ0v) is 18.1. The first-order valence-corrected chi connectivity index (χ1v) is 10.9. The minimum atomic E-state index is -0.412. The van der Waals surface area contributed by atoms with Gasteiger partial charge in [0.05, 0.1) is 0 Å². The van der Waals surface area contributed by atoms with Crippen molar-refractivity contribution in [2.45, 2.75) is 57.0 Å². The molecule has 6 heteroatoms. The van der Waals surface area contributed by atoms with E-state index in [1.807, 2.05) is 66.9 Å². The van der Waals surface area contributed by atoms with Crippen molar-refractivity contribution in [3.05, 3.63) is 71.5 Å². The molecule has 29 heavy (non-hydrogen) atoms. The van der Waals surface area contributed by atoms with Gasteiger partial charge in [0.1, 0.15) is 11.6 Å². The highest BCUT2D eigenvalue weighted by atomic mass is 32.2. The molecule has 1 amide bonds. The van der Waals surface area contributed by atoms with Crippen molar-refractivity contribution in [2.24, 2.45) is 0 Å². The number of benzene rings is 2. The second-order valence-electron chi connectivity index (χ2n) is 7.23. The second-order valence-corrected chi connectivity index (χ2v) is 8.30. The Morgan fingerprint density at radius 2 is 1.93 bits per heavy atom. The summed E-state index contributed by atoms with van der Waals surface area (Å²) in [4.78, 5) is 13.3. The molecule has 0 saturated carbocycles. The lowest BCUT2D eigenvalue weighted by atomic mass is 10.1. The fourth-order valence-corrected chi connectivity index (χ4v) is 4.13. The van der Waals surface area contributed by atoms with E-state index in [1.165, 1.54) is 11.8 Å². The SMILES string of the molecule is CCCCCn1cnnc1S[C@H](C(=O)Nc1cc(C)ccc1C)c1ccccc1. The maximum Gasteiger partial charge on any atom is 0.242 e. The Bertz CT molecular complexity index is 939. The van der Waals surface area contributed by atoms with Gasteiger partial charge >= 0.3 is 0 Å². The number of amides is 1. The molecular weight excluding hydrogens is 380 g/mol. The molecule has 3 aromatic rings. The predicted octanol–water partition coefficient (Wildman–Crippen LogP) is 5.56. The molecule has 1 N–H and O–H groups in total. The number of rotatable bonds is 9. The quantitative estimate of drug-likeness (QED) is 0.372. The fraction of sp³-hybridized carbons (Fsp3) is 0.348. The van der Waals surface area contributed by atoms with Gasteiger partial charge in [-0.25, -0.2) is 0 Å². The molecule has 0 spiro atoms. The van der Waals surface area contributed by atoms with Gasteiger partial charge in [-0.3, -0.25) is 4.79 Å². The number of anilines is 1. The Labute approximate surface area is 176 Å². The first-order valence-electron chi connectivity index (χ1n) is 10.1. The standard InChI is InChI=1S/C23H28N4OS/c1-4-5-9-14-27-16-24-26-23(27)29-21(19-10-7-6-8-11-19)22(28)25-20-15-17(2)12-13-18(20)3/h6-8,10-13,15-16,21H,4-5,9,14H2,1-3H3,(H,25,28)/t21-/m0/s1. The summed E-state index contributed by atoms with van der Waals surface area (Å²) in [6.07, 6.45) is 5.16. The number of aromatic nitrogens is 3. The zero-order chi connectivity index (χ0) is 20.6. The molecule has 1 aromatic heterocycles. The van der Waals surface area contributed by atoms with Crippen LogP contribution in [0.5, 0.6) is 0 Å². The Balaban J connectivity index is 1.83. The molecule has 2 aromatic carbocycles. The van der Waals surface area contributed by atoms with E-state index < -0.39 is 5.25 Å².